The van der Waals surface area contributed by atoms with Gasteiger partial charge in [0, 0.05) is 36.1 Å². The van der Waals surface area contributed by atoms with Crippen molar-refractivity contribution in [3.05, 3.63) is 77.3 Å². The second-order valence-electron chi connectivity index (χ2n) is 7.33. The minimum atomic E-state index is -3.20. The largest absolute Gasteiger partial charge is 0.362 e. The molecule has 1 atom stereocenters. The number of aliphatic imine (C=N–C) groups is 1. The van der Waals surface area contributed by atoms with Gasteiger partial charge in [-0.2, -0.15) is 8.78 Å². The number of benzene rings is 1. The fourth-order valence-corrected chi connectivity index (χ4v) is 3.84. The van der Waals surface area contributed by atoms with Crippen molar-refractivity contribution in [3.63, 3.8) is 0 Å². The molecule has 0 aliphatic carbocycles. The number of carbonyl (C=O) groups is 1. The normalized spacial score (nSPS) is 15.7. The van der Waals surface area contributed by atoms with Gasteiger partial charge in [0.2, 0.25) is 5.91 Å². The first-order valence-corrected chi connectivity index (χ1v) is 11.5. The summed E-state index contributed by atoms with van der Waals surface area (Å²) in [6, 6.07) is 11.9. The minimum Gasteiger partial charge on any atom is -0.362 e. The van der Waals surface area contributed by atoms with Crippen LogP contribution in [0.2, 0.25) is 0 Å². The highest BCUT2D eigenvalue weighted by Gasteiger charge is 2.33. The van der Waals surface area contributed by atoms with Crippen LogP contribution in [-0.4, -0.2) is 50.2 Å². The van der Waals surface area contributed by atoms with Crippen molar-refractivity contribution in [3.8, 4) is 11.3 Å². The van der Waals surface area contributed by atoms with Gasteiger partial charge in [-0.3, -0.25) is 9.78 Å². The second kappa shape index (κ2) is 10.7. The van der Waals surface area contributed by atoms with E-state index >= 15 is 0 Å². The highest BCUT2D eigenvalue weighted by atomic mass is 35.5. The monoisotopic (exact) mass is 503 g/mol. The number of nitrogens with zero attached hydrogens (tertiary/aromatic N) is 5. The molecule has 0 radical (unpaired) electrons. The van der Waals surface area contributed by atoms with E-state index in [9.17, 15) is 13.6 Å². The molecule has 1 aliphatic heterocycles. The van der Waals surface area contributed by atoms with Gasteiger partial charge in [0.05, 0.1) is 13.1 Å². The summed E-state index contributed by atoms with van der Waals surface area (Å²) in [4.78, 5) is 21.8. The van der Waals surface area contributed by atoms with E-state index in [1.54, 1.807) is 6.07 Å². The Bertz CT molecular complexity index is 1180. The lowest BCUT2D eigenvalue weighted by Gasteiger charge is -2.27. The van der Waals surface area contributed by atoms with Crippen LogP contribution in [0.4, 0.5) is 8.78 Å². The van der Waals surface area contributed by atoms with Crippen molar-refractivity contribution < 1.29 is 13.6 Å². The Kier molecular flexibility index (Phi) is 7.43. The highest BCUT2D eigenvalue weighted by Crippen LogP contribution is 2.26. The molecule has 3 aromatic rings. The van der Waals surface area contributed by atoms with Gasteiger partial charge in [-0.1, -0.05) is 46.4 Å². The molecule has 1 aliphatic rings. The van der Waals surface area contributed by atoms with Gasteiger partial charge in [0.25, 0.3) is 0 Å². The first kappa shape index (κ1) is 23.7. The lowest BCUT2D eigenvalue weighted by molar-refractivity contribution is -0.121. The molecular weight excluding hydrogens is 484 g/mol. The number of aromatic nitrogens is 3. The zero-order valence-electron chi connectivity index (χ0n) is 17.7. The Hall–Kier alpha value is -3.44. The predicted octanol–water partition coefficient (Wildman–Crippen LogP) is 3.35. The quantitative estimate of drug-likeness (QED) is 0.343. The molecule has 0 saturated carbocycles. The molecule has 0 spiro atoms. The Balaban J connectivity index is 1.34. The van der Waals surface area contributed by atoms with E-state index in [-0.39, 0.29) is 30.5 Å². The number of rotatable bonds is 9. The highest BCUT2D eigenvalue weighted by molar-refractivity contribution is 7.03. The molecule has 2 aromatic heterocycles. The Labute approximate surface area is 203 Å². The van der Waals surface area contributed by atoms with Crippen molar-refractivity contribution in [1.82, 2.24) is 30.1 Å². The lowest BCUT2D eigenvalue weighted by Crippen LogP contribution is -2.41. The number of amides is 1. The summed E-state index contributed by atoms with van der Waals surface area (Å²) in [6.45, 7) is -0.503. The van der Waals surface area contributed by atoms with Crippen LogP contribution in [-0.2, 0) is 17.3 Å². The molecule has 1 aromatic carbocycles. The Morgan fingerprint density at radius 3 is 2.79 bits per heavy atom. The van der Waals surface area contributed by atoms with Gasteiger partial charge in [-0.15, -0.1) is 5.10 Å². The van der Waals surface area contributed by atoms with Crippen LogP contribution in [0.3, 0.4) is 0 Å². The third-order valence-corrected chi connectivity index (χ3v) is 5.80. The summed E-state index contributed by atoms with van der Waals surface area (Å²) >= 11 is 7.49. The topological polar surface area (TPSA) is 95.4 Å². The molecule has 8 nitrogen and oxygen atoms in total. The SMILES string of the molecule is O=C(CN1C=C(NCC(F)(F)c2ccccn2)N=CC1Cl)NCc1ccccc1-c1csnn1. The average molecular weight is 504 g/mol. The maximum atomic E-state index is 14.4. The van der Waals surface area contributed by atoms with E-state index in [0.717, 1.165) is 16.8 Å². The van der Waals surface area contributed by atoms with Crippen molar-refractivity contribution in [2.45, 2.75) is 18.0 Å². The number of hydrogen-bond donors (Lipinski definition) is 2. The average Bonchev–Trinajstić information content (AvgIpc) is 3.39. The molecule has 0 fully saturated rings. The smallest absolute Gasteiger partial charge is 0.306 e. The summed E-state index contributed by atoms with van der Waals surface area (Å²) in [5.41, 5.74) is 1.48. The fraction of sp³-hybridized carbons (Fsp3) is 0.227. The summed E-state index contributed by atoms with van der Waals surface area (Å²) in [5, 5.41) is 11.4. The first-order valence-electron chi connectivity index (χ1n) is 10.2. The molecule has 4 rings (SSSR count). The Morgan fingerprint density at radius 2 is 2.03 bits per heavy atom. The molecule has 1 unspecified atom stereocenters. The van der Waals surface area contributed by atoms with Crippen LogP contribution in [0.15, 0.2) is 71.1 Å². The molecule has 34 heavy (non-hydrogen) atoms. The van der Waals surface area contributed by atoms with Gasteiger partial charge < -0.3 is 15.5 Å². The van der Waals surface area contributed by atoms with E-state index in [4.69, 9.17) is 11.6 Å². The number of hydrogen-bond acceptors (Lipinski definition) is 8. The second-order valence-corrected chi connectivity index (χ2v) is 8.39. The van der Waals surface area contributed by atoms with E-state index in [1.165, 1.54) is 47.2 Å². The van der Waals surface area contributed by atoms with Crippen LogP contribution >= 0.6 is 23.1 Å². The van der Waals surface area contributed by atoms with Crippen LogP contribution in [0.1, 0.15) is 11.3 Å². The van der Waals surface area contributed by atoms with Crippen LogP contribution < -0.4 is 10.6 Å². The number of halogens is 3. The fourth-order valence-electron chi connectivity index (χ4n) is 3.21. The van der Waals surface area contributed by atoms with Gasteiger partial charge >= 0.3 is 5.92 Å². The van der Waals surface area contributed by atoms with E-state index in [2.05, 4.69) is 30.2 Å². The molecule has 3 heterocycles. The predicted molar refractivity (Wildman–Crippen MR) is 126 cm³/mol. The van der Waals surface area contributed by atoms with Crippen LogP contribution in [0, 0.1) is 0 Å². The summed E-state index contributed by atoms with van der Waals surface area (Å²) in [7, 11) is 0. The van der Waals surface area contributed by atoms with Crippen molar-refractivity contribution >= 4 is 35.3 Å². The third kappa shape index (κ3) is 5.91. The molecule has 1 amide bonds. The van der Waals surface area contributed by atoms with Crippen LogP contribution in [0.5, 0.6) is 0 Å². The maximum absolute atomic E-state index is 14.4. The maximum Gasteiger partial charge on any atom is 0.306 e. The summed E-state index contributed by atoms with van der Waals surface area (Å²) in [5.74, 6) is -3.32. The van der Waals surface area contributed by atoms with Gasteiger partial charge in [0.15, 0.2) is 0 Å². The third-order valence-electron chi connectivity index (χ3n) is 4.93. The molecule has 176 valence electrons. The summed E-state index contributed by atoms with van der Waals surface area (Å²) in [6.07, 6.45) is 4.13. The number of alkyl halides is 3. The van der Waals surface area contributed by atoms with E-state index < -0.39 is 18.0 Å². The first-order chi connectivity index (χ1) is 16.4. The van der Waals surface area contributed by atoms with Crippen molar-refractivity contribution in [2.24, 2.45) is 4.99 Å². The van der Waals surface area contributed by atoms with E-state index in [0.29, 0.717) is 0 Å². The van der Waals surface area contributed by atoms with Gasteiger partial charge in [-0.25, -0.2) is 4.99 Å². The van der Waals surface area contributed by atoms with Crippen LogP contribution in [0.25, 0.3) is 11.3 Å². The van der Waals surface area contributed by atoms with E-state index in [1.807, 2.05) is 29.6 Å². The summed E-state index contributed by atoms with van der Waals surface area (Å²) < 4.78 is 32.6. The number of nitrogens with one attached hydrogen (secondary N) is 2. The number of carbonyl (C=O) groups excluding carboxylic acids is 1. The zero-order chi connectivity index (χ0) is 24.0. The van der Waals surface area contributed by atoms with Gasteiger partial charge in [-0.05, 0) is 29.2 Å². The molecular formula is C22H20ClF2N7OS. The van der Waals surface area contributed by atoms with Gasteiger partial charge in [0.1, 0.15) is 22.7 Å². The standard InChI is InChI=1S/C22H20ClF2N7OS/c23-19-10-27-20(29-14-22(24,25)18-7-3-4-8-26-18)11-32(19)12-21(33)28-9-15-5-1-2-6-16(15)17-13-34-31-30-17/h1-8,10-11,13,19,29H,9,12,14H2,(H,28,33). The molecule has 0 saturated heterocycles. The Morgan fingerprint density at radius 1 is 1.21 bits per heavy atom. The minimum absolute atomic E-state index is 0.0809. The molecule has 12 heteroatoms. The number of pyridine rings is 1. The van der Waals surface area contributed by atoms with Crippen molar-refractivity contribution in [2.75, 3.05) is 13.1 Å². The van der Waals surface area contributed by atoms with Crippen molar-refractivity contribution in [1.29, 1.82) is 0 Å². The lowest BCUT2D eigenvalue weighted by atomic mass is 10.1. The zero-order valence-corrected chi connectivity index (χ0v) is 19.3. The molecule has 2 N–H and O–H groups in total. The molecule has 0 bridgehead atoms.